The molecule has 19 heavy (non-hydrogen) atoms. The Bertz CT molecular complexity index is 440. The minimum absolute atomic E-state index is 0.00819. The number of carbonyl (C=O) groups is 3. The molecule has 1 aliphatic carbocycles. The van der Waals surface area contributed by atoms with Crippen molar-refractivity contribution in [2.24, 2.45) is 16.7 Å². The van der Waals surface area contributed by atoms with Gasteiger partial charge in [0.2, 0.25) is 17.7 Å². The number of nitrogens with one attached hydrogen (secondary N) is 1. The molecule has 1 unspecified atom stereocenters. The molecule has 1 aliphatic heterocycles. The number of hydrogen-bond acceptors (Lipinski definition) is 3. The SMILES string of the molecule is CCC1C(=O)NC(=O)CN1C(=O)C1C(C)(C)C1(C)C. The van der Waals surface area contributed by atoms with E-state index in [-0.39, 0.29) is 41.0 Å². The van der Waals surface area contributed by atoms with Crippen molar-refractivity contribution >= 4 is 17.7 Å². The van der Waals surface area contributed by atoms with Gasteiger partial charge >= 0.3 is 0 Å². The molecule has 5 nitrogen and oxygen atoms in total. The van der Waals surface area contributed by atoms with Gasteiger partial charge < -0.3 is 4.90 Å². The van der Waals surface area contributed by atoms with Gasteiger partial charge in [-0.1, -0.05) is 34.6 Å². The fraction of sp³-hybridized carbons (Fsp3) is 0.786. The zero-order chi connectivity index (χ0) is 14.6. The van der Waals surface area contributed by atoms with Crippen LogP contribution in [0.1, 0.15) is 41.0 Å². The Morgan fingerprint density at radius 1 is 1.26 bits per heavy atom. The highest BCUT2D eigenvalue weighted by Crippen LogP contribution is 2.68. The van der Waals surface area contributed by atoms with Crippen LogP contribution < -0.4 is 5.32 Å². The number of rotatable bonds is 2. The van der Waals surface area contributed by atoms with Gasteiger partial charge in [0, 0.05) is 5.92 Å². The van der Waals surface area contributed by atoms with Crippen molar-refractivity contribution in [1.82, 2.24) is 10.2 Å². The Balaban J connectivity index is 2.23. The number of piperazine rings is 1. The number of nitrogens with zero attached hydrogens (tertiary/aromatic N) is 1. The summed E-state index contributed by atoms with van der Waals surface area (Å²) < 4.78 is 0. The molecule has 2 aliphatic rings. The van der Waals surface area contributed by atoms with E-state index < -0.39 is 6.04 Å². The monoisotopic (exact) mass is 266 g/mol. The summed E-state index contributed by atoms with van der Waals surface area (Å²) in [5.74, 6) is -0.930. The highest BCUT2D eigenvalue weighted by atomic mass is 16.2. The molecular weight excluding hydrogens is 244 g/mol. The minimum Gasteiger partial charge on any atom is -0.321 e. The molecule has 0 spiro atoms. The van der Waals surface area contributed by atoms with Crippen LogP contribution in [-0.4, -0.2) is 35.2 Å². The third-order valence-electron chi connectivity index (χ3n) is 5.19. The summed E-state index contributed by atoms with van der Waals surface area (Å²) in [5, 5.41) is 2.29. The minimum atomic E-state index is -0.516. The van der Waals surface area contributed by atoms with E-state index in [9.17, 15) is 14.4 Å². The van der Waals surface area contributed by atoms with Crippen LogP contribution in [0, 0.1) is 16.7 Å². The van der Waals surface area contributed by atoms with Gasteiger partial charge in [0.05, 0.1) is 0 Å². The van der Waals surface area contributed by atoms with Crippen LogP contribution in [0.15, 0.2) is 0 Å². The maximum atomic E-state index is 12.6. The third kappa shape index (κ3) is 1.86. The molecule has 5 heteroatoms. The van der Waals surface area contributed by atoms with Crippen molar-refractivity contribution in [3.8, 4) is 0 Å². The predicted octanol–water partition coefficient (Wildman–Crippen LogP) is 0.932. The van der Waals surface area contributed by atoms with Crippen LogP contribution in [0.4, 0.5) is 0 Å². The van der Waals surface area contributed by atoms with Crippen molar-refractivity contribution in [3.63, 3.8) is 0 Å². The van der Waals surface area contributed by atoms with Crippen LogP contribution in [0.2, 0.25) is 0 Å². The number of amides is 3. The summed E-state index contributed by atoms with van der Waals surface area (Å²) in [5.41, 5.74) is -0.168. The molecule has 2 fully saturated rings. The largest absolute Gasteiger partial charge is 0.321 e. The summed E-state index contributed by atoms with van der Waals surface area (Å²) in [7, 11) is 0. The van der Waals surface area contributed by atoms with Crippen molar-refractivity contribution in [3.05, 3.63) is 0 Å². The quantitative estimate of drug-likeness (QED) is 0.756. The Labute approximate surface area is 113 Å². The van der Waals surface area contributed by atoms with Crippen molar-refractivity contribution in [1.29, 1.82) is 0 Å². The van der Waals surface area contributed by atoms with Gasteiger partial charge in [-0.05, 0) is 17.3 Å². The van der Waals surface area contributed by atoms with Crippen LogP contribution in [-0.2, 0) is 14.4 Å². The van der Waals surface area contributed by atoms with Gasteiger partial charge in [0.1, 0.15) is 12.6 Å². The molecule has 0 aromatic rings. The Morgan fingerprint density at radius 2 is 1.79 bits per heavy atom. The van der Waals surface area contributed by atoms with Gasteiger partial charge in [-0.25, -0.2) is 0 Å². The predicted molar refractivity (Wildman–Crippen MR) is 70.0 cm³/mol. The van der Waals surface area contributed by atoms with Gasteiger partial charge in [-0.2, -0.15) is 0 Å². The second-order valence-electron chi connectivity index (χ2n) is 6.68. The molecule has 1 N–H and O–H groups in total. The maximum Gasteiger partial charge on any atom is 0.249 e. The molecule has 1 saturated heterocycles. The Hall–Kier alpha value is -1.39. The molecule has 2 rings (SSSR count). The second kappa shape index (κ2) is 4.05. The fourth-order valence-electron chi connectivity index (χ4n) is 3.28. The number of hydrogen-bond donors (Lipinski definition) is 1. The normalized spacial score (nSPS) is 29.1. The maximum absolute atomic E-state index is 12.6. The molecular formula is C14H22N2O3. The lowest BCUT2D eigenvalue weighted by Gasteiger charge is -2.34. The van der Waals surface area contributed by atoms with Crippen LogP contribution >= 0.6 is 0 Å². The molecule has 0 bridgehead atoms. The van der Waals surface area contributed by atoms with Gasteiger partial charge in [0.15, 0.2) is 0 Å². The summed E-state index contributed by atoms with van der Waals surface area (Å²) in [6.45, 7) is 10.1. The van der Waals surface area contributed by atoms with Gasteiger partial charge in [0.25, 0.3) is 0 Å². The lowest BCUT2D eigenvalue weighted by molar-refractivity contribution is -0.151. The highest BCUT2D eigenvalue weighted by Gasteiger charge is 2.69. The standard InChI is InChI=1S/C14H22N2O3/c1-6-8-11(18)15-9(17)7-16(8)12(19)10-13(2,3)14(10,4)5/h8,10H,6-7H2,1-5H3,(H,15,17,18). The first-order chi connectivity index (χ1) is 8.64. The first-order valence-electron chi connectivity index (χ1n) is 6.78. The van der Waals surface area contributed by atoms with E-state index in [0.29, 0.717) is 6.42 Å². The highest BCUT2D eigenvalue weighted by molar-refractivity contribution is 6.05. The smallest absolute Gasteiger partial charge is 0.249 e. The van der Waals surface area contributed by atoms with E-state index in [1.54, 1.807) is 0 Å². The zero-order valence-electron chi connectivity index (χ0n) is 12.2. The first-order valence-corrected chi connectivity index (χ1v) is 6.78. The Kier molecular flexibility index (Phi) is 2.99. The first kappa shape index (κ1) is 14.0. The van der Waals surface area contributed by atoms with Crippen molar-refractivity contribution in [2.75, 3.05) is 6.54 Å². The lowest BCUT2D eigenvalue weighted by Crippen LogP contribution is -2.60. The molecule has 1 atom stereocenters. The van der Waals surface area contributed by atoms with E-state index in [1.165, 1.54) is 4.90 Å². The molecule has 0 aromatic heterocycles. The van der Waals surface area contributed by atoms with Crippen molar-refractivity contribution < 1.29 is 14.4 Å². The average molecular weight is 266 g/mol. The average Bonchev–Trinajstić information content (AvgIpc) is 2.67. The van der Waals surface area contributed by atoms with Crippen LogP contribution in [0.5, 0.6) is 0 Å². The summed E-state index contributed by atoms with van der Waals surface area (Å²) in [6, 6.07) is -0.516. The second-order valence-corrected chi connectivity index (χ2v) is 6.68. The van der Waals surface area contributed by atoms with E-state index in [4.69, 9.17) is 0 Å². The van der Waals surface area contributed by atoms with Gasteiger partial charge in [-0.3, -0.25) is 19.7 Å². The summed E-state index contributed by atoms with van der Waals surface area (Å²) in [6.07, 6.45) is 0.526. The van der Waals surface area contributed by atoms with Crippen LogP contribution in [0.3, 0.4) is 0 Å². The van der Waals surface area contributed by atoms with E-state index >= 15 is 0 Å². The summed E-state index contributed by atoms with van der Waals surface area (Å²) >= 11 is 0. The molecule has 3 amide bonds. The zero-order valence-corrected chi connectivity index (χ0v) is 12.2. The number of imide groups is 1. The number of carbonyl (C=O) groups excluding carboxylic acids is 3. The van der Waals surface area contributed by atoms with E-state index in [0.717, 1.165) is 0 Å². The van der Waals surface area contributed by atoms with Crippen LogP contribution in [0.25, 0.3) is 0 Å². The fourth-order valence-corrected chi connectivity index (χ4v) is 3.28. The molecule has 106 valence electrons. The third-order valence-corrected chi connectivity index (χ3v) is 5.19. The topological polar surface area (TPSA) is 66.5 Å². The lowest BCUT2D eigenvalue weighted by atomic mass is 10.0. The van der Waals surface area contributed by atoms with Gasteiger partial charge in [-0.15, -0.1) is 0 Å². The molecule has 1 saturated carbocycles. The molecule has 0 aromatic carbocycles. The van der Waals surface area contributed by atoms with Crippen molar-refractivity contribution in [2.45, 2.75) is 47.1 Å². The summed E-state index contributed by atoms with van der Waals surface area (Å²) in [4.78, 5) is 37.4. The molecule has 0 radical (unpaired) electrons. The Morgan fingerprint density at radius 3 is 2.21 bits per heavy atom. The van der Waals surface area contributed by atoms with E-state index in [1.807, 2.05) is 6.92 Å². The molecule has 1 heterocycles. The van der Waals surface area contributed by atoms with E-state index in [2.05, 4.69) is 33.0 Å².